The first-order valence-corrected chi connectivity index (χ1v) is 8.05. The molecule has 0 spiro atoms. The van der Waals surface area contributed by atoms with Crippen LogP contribution >= 0.6 is 11.3 Å². The summed E-state index contributed by atoms with van der Waals surface area (Å²) in [6.45, 7) is 2.62. The minimum absolute atomic E-state index is 0.318. The number of aryl methyl sites for hydroxylation is 2. The smallest absolute Gasteiger partial charge is 0.349 e. The van der Waals surface area contributed by atoms with Crippen molar-refractivity contribution in [3.05, 3.63) is 51.7 Å². The molecule has 3 nitrogen and oxygen atoms in total. The number of hydrogen-bond acceptors (Lipinski definition) is 3. The average molecular weight is 304 g/mol. The Morgan fingerprint density at radius 3 is 2.67 bits per heavy atom. The van der Waals surface area contributed by atoms with Crippen molar-refractivity contribution in [3.8, 4) is 5.75 Å². The van der Waals surface area contributed by atoms with Crippen LogP contribution < -0.4 is 4.74 Å². The number of thiophene rings is 1. The number of carbonyl (C=O) groups is 1. The molecule has 21 heavy (non-hydrogen) atoms. The van der Waals surface area contributed by atoms with E-state index >= 15 is 0 Å². The number of rotatable bonds is 8. The SMILES string of the molecule is CCCc1cc(OCCCc2ccccc2)c(C(=O)O)s1. The Balaban J connectivity index is 1.88. The van der Waals surface area contributed by atoms with Crippen molar-refractivity contribution in [2.24, 2.45) is 0 Å². The Bertz CT molecular complexity index is 575. The highest BCUT2D eigenvalue weighted by molar-refractivity contribution is 7.14. The Morgan fingerprint density at radius 2 is 2.00 bits per heavy atom. The van der Waals surface area contributed by atoms with Gasteiger partial charge in [0.1, 0.15) is 5.75 Å². The van der Waals surface area contributed by atoms with E-state index < -0.39 is 5.97 Å². The van der Waals surface area contributed by atoms with E-state index in [0.717, 1.165) is 30.6 Å². The van der Waals surface area contributed by atoms with Crippen molar-refractivity contribution < 1.29 is 14.6 Å². The van der Waals surface area contributed by atoms with Gasteiger partial charge in [0, 0.05) is 4.88 Å². The van der Waals surface area contributed by atoms with Crippen LogP contribution in [0.1, 0.15) is 39.9 Å². The largest absolute Gasteiger partial charge is 0.492 e. The number of benzene rings is 1. The molecule has 0 unspecified atom stereocenters. The third kappa shape index (κ3) is 4.60. The Morgan fingerprint density at radius 1 is 1.24 bits per heavy atom. The summed E-state index contributed by atoms with van der Waals surface area (Å²) in [5, 5.41) is 9.21. The van der Waals surface area contributed by atoms with Crippen LogP contribution in [0.15, 0.2) is 36.4 Å². The number of carboxylic acids is 1. The zero-order chi connectivity index (χ0) is 15.1. The van der Waals surface area contributed by atoms with Crippen molar-refractivity contribution in [1.82, 2.24) is 0 Å². The zero-order valence-electron chi connectivity index (χ0n) is 12.2. The van der Waals surface area contributed by atoms with Crippen LogP contribution in [0, 0.1) is 0 Å². The van der Waals surface area contributed by atoms with E-state index in [1.165, 1.54) is 16.9 Å². The van der Waals surface area contributed by atoms with E-state index in [1.807, 2.05) is 24.3 Å². The molecule has 1 aromatic carbocycles. The van der Waals surface area contributed by atoms with Gasteiger partial charge in [-0.1, -0.05) is 43.7 Å². The summed E-state index contributed by atoms with van der Waals surface area (Å²) < 4.78 is 5.68. The van der Waals surface area contributed by atoms with Gasteiger partial charge in [-0.2, -0.15) is 0 Å². The van der Waals surface area contributed by atoms with Crippen molar-refractivity contribution in [3.63, 3.8) is 0 Å². The van der Waals surface area contributed by atoms with E-state index in [1.54, 1.807) is 0 Å². The summed E-state index contributed by atoms with van der Waals surface area (Å²) in [6.07, 6.45) is 3.72. The van der Waals surface area contributed by atoms with Crippen molar-refractivity contribution >= 4 is 17.3 Å². The first-order chi connectivity index (χ1) is 10.2. The minimum Gasteiger partial charge on any atom is -0.492 e. The molecular weight excluding hydrogens is 284 g/mol. The summed E-state index contributed by atoms with van der Waals surface area (Å²) in [6, 6.07) is 12.1. The van der Waals surface area contributed by atoms with Gasteiger partial charge in [0.25, 0.3) is 0 Å². The molecule has 0 bridgehead atoms. The predicted octanol–water partition coefficient (Wildman–Crippen LogP) is 4.41. The maximum absolute atomic E-state index is 11.2. The summed E-state index contributed by atoms with van der Waals surface area (Å²) >= 11 is 1.32. The fourth-order valence-electron chi connectivity index (χ4n) is 2.15. The molecule has 2 aromatic rings. The molecule has 0 aliphatic carbocycles. The molecule has 112 valence electrons. The lowest BCUT2D eigenvalue weighted by molar-refractivity contribution is 0.0698. The standard InChI is InChI=1S/C17H20O3S/c1-2-7-14-12-15(16(21-14)17(18)19)20-11-6-10-13-8-4-3-5-9-13/h3-5,8-9,12H,2,6-7,10-11H2,1H3,(H,18,19). The topological polar surface area (TPSA) is 46.5 Å². The Kier molecular flexibility index (Phi) is 5.81. The van der Waals surface area contributed by atoms with Crippen LogP contribution in [-0.4, -0.2) is 17.7 Å². The molecule has 1 heterocycles. The highest BCUT2D eigenvalue weighted by Gasteiger charge is 2.16. The average Bonchev–Trinajstić information content (AvgIpc) is 2.88. The van der Waals surface area contributed by atoms with Gasteiger partial charge in [-0.3, -0.25) is 0 Å². The number of hydrogen-bond donors (Lipinski definition) is 1. The first-order valence-electron chi connectivity index (χ1n) is 7.23. The lowest BCUT2D eigenvalue weighted by Gasteiger charge is -2.05. The molecule has 1 aromatic heterocycles. The van der Waals surface area contributed by atoms with Crippen LogP contribution in [0.4, 0.5) is 0 Å². The molecule has 0 atom stereocenters. The van der Waals surface area contributed by atoms with E-state index in [0.29, 0.717) is 17.2 Å². The van der Waals surface area contributed by atoms with Crippen LogP contribution in [0.5, 0.6) is 5.75 Å². The highest BCUT2D eigenvalue weighted by atomic mass is 32.1. The zero-order valence-corrected chi connectivity index (χ0v) is 13.0. The number of aromatic carboxylic acids is 1. The predicted molar refractivity (Wildman–Crippen MR) is 85.5 cm³/mol. The van der Waals surface area contributed by atoms with Gasteiger partial charge in [0.15, 0.2) is 4.88 Å². The van der Waals surface area contributed by atoms with Crippen LogP contribution in [-0.2, 0) is 12.8 Å². The van der Waals surface area contributed by atoms with Crippen LogP contribution in [0.2, 0.25) is 0 Å². The van der Waals surface area contributed by atoms with Crippen molar-refractivity contribution in [1.29, 1.82) is 0 Å². The third-order valence-corrected chi connectivity index (χ3v) is 4.31. The number of ether oxygens (including phenoxy) is 1. The molecule has 0 aliphatic heterocycles. The van der Waals surface area contributed by atoms with Gasteiger partial charge < -0.3 is 9.84 Å². The first kappa shape index (κ1) is 15.6. The van der Waals surface area contributed by atoms with Crippen molar-refractivity contribution in [2.45, 2.75) is 32.6 Å². The lowest BCUT2D eigenvalue weighted by atomic mass is 10.1. The summed E-state index contributed by atoms with van der Waals surface area (Å²) in [4.78, 5) is 12.6. The van der Waals surface area contributed by atoms with Gasteiger partial charge in [-0.05, 0) is 30.9 Å². The van der Waals surface area contributed by atoms with Gasteiger partial charge >= 0.3 is 5.97 Å². The van der Waals surface area contributed by atoms with Gasteiger partial charge in [0.05, 0.1) is 6.61 Å². The molecule has 4 heteroatoms. The Labute approximate surface area is 129 Å². The Hall–Kier alpha value is -1.81. The monoisotopic (exact) mass is 304 g/mol. The molecule has 0 aliphatic rings. The van der Waals surface area contributed by atoms with E-state index in [2.05, 4.69) is 19.1 Å². The maximum Gasteiger partial charge on any atom is 0.349 e. The van der Waals surface area contributed by atoms with E-state index in [-0.39, 0.29) is 0 Å². The van der Waals surface area contributed by atoms with Crippen molar-refractivity contribution in [2.75, 3.05) is 6.61 Å². The van der Waals surface area contributed by atoms with Gasteiger partial charge in [-0.15, -0.1) is 11.3 Å². The quantitative estimate of drug-likeness (QED) is 0.735. The van der Waals surface area contributed by atoms with Gasteiger partial charge in [-0.25, -0.2) is 4.79 Å². The lowest BCUT2D eigenvalue weighted by Crippen LogP contribution is -2.02. The molecule has 0 saturated heterocycles. The van der Waals surface area contributed by atoms with Gasteiger partial charge in [0.2, 0.25) is 0 Å². The molecule has 0 saturated carbocycles. The molecule has 0 radical (unpaired) electrons. The second-order valence-corrected chi connectivity index (χ2v) is 6.04. The fourth-order valence-corrected chi connectivity index (χ4v) is 3.19. The second-order valence-electron chi connectivity index (χ2n) is 4.90. The van der Waals surface area contributed by atoms with Crippen LogP contribution in [0.25, 0.3) is 0 Å². The van der Waals surface area contributed by atoms with Crippen LogP contribution in [0.3, 0.4) is 0 Å². The normalized spacial score (nSPS) is 10.5. The molecule has 0 fully saturated rings. The minimum atomic E-state index is -0.902. The molecular formula is C17H20O3S. The third-order valence-electron chi connectivity index (χ3n) is 3.15. The summed E-state index contributed by atoms with van der Waals surface area (Å²) in [5.74, 6) is -0.385. The van der Waals surface area contributed by atoms with E-state index in [4.69, 9.17) is 4.74 Å². The molecule has 2 rings (SSSR count). The summed E-state index contributed by atoms with van der Waals surface area (Å²) in [7, 11) is 0. The molecule has 0 amide bonds. The fraction of sp³-hybridized carbons (Fsp3) is 0.353. The highest BCUT2D eigenvalue weighted by Crippen LogP contribution is 2.30. The second kappa shape index (κ2) is 7.84. The van der Waals surface area contributed by atoms with E-state index in [9.17, 15) is 9.90 Å². The summed E-state index contributed by atoms with van der Waals surface area (Å²) in [5.41, 5.74) is 1.27. The maximum atomic E-state index is 11.2. The molecule has 1 N–H and O–H groups in total. The number of carboxylic acid groups (broad SMARTS) is 1.